The molecule has 0 aliphatic heterocycles. The van der Waals surface area contributed by atoms with Crippen LogP contribution in [0.3, 0.4) is 0 Å². The van der Waals surface area contributed by atoms with Crippen LogP contribution in [0.1, 0.15) is 202 Å². The molecule has 0 N–H and O–H groups in total. The van der Waals surface area contributed by atoms with E-state index >= 15 is 0 Å². The van der Waals surface area contributed by atoms with Crippen LogP contribution in [0.4, 0.5) is 0 Å². The van der Waals surface area contributed by atoms with Gasteiger partial charge in [0.2, 0.25) is 5.91 Å². The van der Waals surface area contributed by atoms with Crippen molar-refractivity contribution in [2.24, 2.45) is 0 Å². The molecule has 276 valence electrons. The molecule has 0 radical (unpaired) electrons. The van der Waals surface area contributed by atoms with Crippen LogP contribution in [0.2, 0.25) is 0 Å². The van der Waals surface area contributed by atoms with Crippen LogP contribution in [0.25, 0.3) is 0 Å². The van der Waals surface area contributed by atoms with Crippen molar-refractivity contribution >= 4 is 23.6 Å². The molecule has 0 aromatic carbocycles. The zero-order chi connectivity index (χ0) is 35.4. The number of carbonyl (C=O) groups is 4. The van der Waals surface area contributed by atoms with E-state index < -0.39 is 11.2 Å². The van der Waals surface area contributed by atoms with Crippen molar-refractivity contribution in [1.29, 1.82) is 0 Å². The van der Waals surface area contributed by atoms with Crippen LogP contribution < -0.4 is 0 Å². The van der Waals surface area contributed by atoms with Gasteiger partial charge in [-0.05, 0) is 66.7 Å². The number of ketones is 1. The molecule has 8 heteroatoms. The van der Waals surface area contributed by atoms with E-state index in [0.717, 1.165) is 89.9 Å². The lowest BCUT2D eigenvalue weighted by atomic mass is 10.0. The lowest BCUT2D eigenvalue weighted by molar-refractivity contribution is -0.185. The molecule has 1 amide bonds. The number of carbonyl (C=O) groups excluding carboxylic acids is 4. The third-order valence-electron chi connectivity index (χ3n) is 8.32. The second-order valence-corrected chi connectivity index (χ2v) is 14.9. The number of esters is 2. The fraction of sp³-hybridized carbons (Fsp3) is 0.897. The summed E-state index contributed by atoms with van der Waals surface area (Å²) in [5.74, 6) is 0.0282. The predicted octanol–water partition coefficient (Wildman–Crippen LogP) is 10.4. The zero-order valence-electron chi connectivity index (χ0n) is 31.7. The van der Waals surface area contributed by atoms with Crippen molar-refractivity contribution in [3.8, 4) is 0 Å². The third-order valence-corrected chi connectivity index (χ3v) is 8.32. The highest BCUT2D eigenvalue weighted by Gasteiger charge is 2.23. The number of nitrogens with zero attached hydrogens (tertiary/aromatic N) is 1. The Morgan fingerprint density at radius 2 is 0.894 bits per heavy atom. The Hall–Kier alpha value is -1.96. The molecule has 0 saturated heterocycles. The minimum atomic E-state index is -0.661. The average molecular weight is 668 g/mol. The van der Waals surface area contributed by atoms with Crippen molar-refractivity contribution in [3.63, 3.8) is 0 Å². The molecule has 0 aromatic rings. The van der Waals surface area contributed by atoms with Gasteiger partial charge >= 0.3 is 11.9 Å². The number of Topliss-reactive ketones (excluding diaryl/α,β-unsaturated/α-hetero) is 1. The summed E-state index contributed by atoms with van der Waals surface area (Å²) in [6, 6.07) is 0. The molecule has 0 aromatic heterocycles. The summed E-state index contributed by atoms with van der Waals surface area (Å²) in [6.07, 6.45) is 23.7. The summed E-state index contributed by atoms with van der Waals surface area (Å²) in [7, 11) is 1.63. The number of hydroxylamine groups is 2. The van der Waals surface area contributed by atoms with Crippen molar-refractivity contribution in [2.75, 3.05) is 13.7 Å². The third kappa shape index (κ3) is 31.1. The van der Waals surface area contributed by atoms with Crippen LogP contribution in [0.15, 0.2) is 0 Å². The van der Waals surface area contributed by atoms with Crippen molar-refractivity contribution in [2.45, 2.75) is 213 Å². The Labute approximate surface area is 288 Å². The summed E-state index contributed by atoms with van der Waals surface area (Å²) < 4.78 is 11.0. The smallest absolute Gasteiger partial charge is 0.306 e. The maximum Gasteiger partial charge on any atom is 0.306 e. The van der Waals surface area contributed by atoms with Gasteiger partial charge in [0.05, 0.1) is 6.61 Å². The fourth-order valence-electron chi connectivity index (χ4n) is 5.42. The molecular weight excluding hydrogens is 594 g/mol. The average Bonchev–Trinajstić information content (AvgIpc) is 2.97. The van der Waals surface area contributed by atoms with E-state index in [1.807, 2.05) is 34.6 Å². The minimum Gasteiger partial charge on any atom is -0.460 e. The van der Waals surface area contributed by atoms with Gasteiger partial charge in [-0.2, -0.15) is 0 Å². The Morgan fingerprint density at radius 3 is 1.34 bits per heavy atom. The first-order valence-corrected chi connectivity index (χ1v) is 19.1. The monoisotopic (exact) mass is 668 g/mol. The minimum absolute atomic E-state index is 0.0557. The Bertz CT molecular complexity index is 834. The van der Waals surface area contributed by atoms with Crippen LogP contribution >= 0.6 is 0 Å². The summed E-state index contributed by atoms with van der Waals surface area (Å²) >= 11 is 0. The molecule has 0 heterocycles. The predicted molar refractivity (Wildman–Crippen MR) is 191 cm³/mol. The summed E-state index contributed by atoms with van der Waals surface area (Å²) in [6.45, 7) is 11.9. The molecular formula is C39H73NO7. The SMILES string of the molecule is CCCCCCCCCC(=O)CCCCCCCCC(=O)OC(C)(C)CCON(C)C(=O)CCCCCCCCC(=O)OC(C)(C)C. The molecule has 0 bridgehead atoms. The Morgan fingerprint density at radius 1 is 0.511 bits per heavy atom. The molecule has 0 rings (SSSR count). The Kier molecular flexibility index (Phi) is 26.8. The van der Waals surface area contributed by atoms with Gasteiger partial charge in [0, 0.05) is 45.6 Å². The van der Waals surface area contributed by atoms with Crippen LogP contribution in [0, 0.1) is 0 Å². The van der Waals surface area contributed by atoms with E-state index in [-0.39, 0.29) is 17.8 Å². The van der Waals surface area contributed by atoms with Gasteiger partial charge in [-0.15, -0.1) is 0 Å². The maximum absolute atomic E-state index is 12.4. The normalized spacial score (nSPS) is 11.8. The van der Waals surface area contributed by atoms with Gasteiger partial charge in [-0.25, -0.2) is 5.06 Å². The van der Waals surface area contributed by atoms with Crippen LogP contribution in [-0.2, 0) is 33.5 Å². The summed E-state index contributed by atoms with van der Waals surface area (Å²) in [5, 5.41) is 1.30. The number of rotatable bonds is 31. The van der Waals surface area contributed by atoms with Crippen molar-refractivity contribution in [1.82, 2.24) is 5.06 Å². The lowest BCUT2D eigenvalue weighted by Crippen LogP contribution is -2.33. The summed E-state index contributed by atoms with van der Waals surface area (Å²) in [4.78, 5) is 54.2. The molecule has 0 atom stereocenters. The quantitative estimate of drug-likeness (QED) is 0.0412. The van der Waals surface area contributed by atoms with Gasteiger partial charge in [-0.3, -0.25) is 24.0 Å². The summed E-state index contributed by atoms with van der Waals surface area (Å²) in [5.41, 5.74) is -1.09. The fourth-order valence-corrected chi connectivity index (χ4v) is 5.42. The number of ether oxygens (including phenoxy) is 2. The second kappa shape index (κ2) is 27.9. The molecule has 0 aliphatic rings. The molecule has 0 spiro atoms. The maximum atomic E-state index is 12.4. The molecule has 0 aliphatic carbocycles. The van der Waals surface area contributed by atoms with E-state index in [1.54, 1.807) is 7.05 Å². The first-order chi connectivity index (χ1) is 22.3. The van der Waals surface area contributed by atoms with Gasteiger partial charge in [0.15, 0.2) is 0 Å². The van der Waals surface area contributed by atoms with Gasteiger partial charge < -0.3 is 9.47 Å². The molecule has 0 saturated carbocycles. The largest absolute Gasteiger partial charge is 0.460 e. The van der Waals surface area contributed by atoms with E-state index in [0.29, 0.717) is 44.5 Å². The molecule has 8 nitrogen and oxygen atoms in total. The van der Waals surface area contributed by atoms with Gasteiger partial charge in [0.25, 0.3) is 0 Å². The highest BCUT2D eigenvalue weighted by molar-refractivity contribution is 5.78. The Balaban J connectivity index is 3.76. The van der Waals surface area contributed by atoms with E-state index in [4.69, 9.17) is 14.3 Å². The number of hydrogen-bond donors (Lipinski definition) is 0. The van der Waals surface area contributed by atoms with Gasteiger partial charge in [-0.1, -0.05) is 96.8 Å². The highest BCUT2D eigenvalue weighted by Crippen LogP contribution is 2.18. The second-order valence-electron chi connectivity index (χ2n) is 14.9. The first kappa shape index (κ1) is 45.0. The highest BCUT2D eigenvalue weighted by atomic mass is 16.7. The number of amides is 1. The zero-order valence-corrected chi connectivity index (χ0v) is 31.7. The number of unbranched alkanes of at least 4 members (excludes halogenated alkanes) is 16. The van der Waals surface area contributed by atoms with E-state index in [1.165, 1.54) is 43.6 Å². The first-order valence-electron chi connectivity index (χ1n) is 19.1. The van der Waals surface area contributed by atoms with Crippen molar-refractivity contribution < 1.29 is 33.5 Å². The number of hydrogen-bond acceptors (Lipinski definition) is 7. The van der Waals surface area contributed by atoms with E-state index in [9.17, 15) is 19.2 Å². The topological polar surface area (TPSA) is 99.2 Å². The standard InChI is InChI=1S/C39H73NO7/c1-8-9-10-11-12-17-22-27-34(41)28-23-18-13-15-21-26-31-37(44)47-39(5,6)32-33-45-40(7)35(42)29-24-19-14-16-20-25-30-36(43)46-38(2,3)4/h8-33H2,1-7H3. The van der Waals surface area contributed by atoms with Gasteiger partial charge in [0.1, 0.15) is 17.0 Å². The lowest BCUT2D eigenvalue weighted by Gasteiger charge is -2.26. The van der Waals surface area contributed by atoms with Crippen LogP contribution in [0.5, 0.6) is 0 Å². The van der Waals surface area contributed by atoms with Crippen LogP contribution in [-0.4, -0.2) is 53.5 Å². The van der Waals surface area contributed by atoms with E-state index in [2.05, 4.69) is 6.92 Å². The molecule has 47 heavy (non-hydrogen) atoms. The van der Waals surface area contributed by atoms with Crippen molar-refractivity contribution in [3.05, 3.63) is 0 Å². The molecule has 0 fully saturated rings. The molecule has 0 unspecified atom stereocenters.